The highest BCUT2D eigenvalue weighted by molar-refractivity contribution is 6.81. The molecule has 0 saturated heterocycles. The lowest BCUT2D eigenvalue weighted by Crippen LogP contribution is -2.56. The smallest absolute Gasteiger partial charge is 0.492 e. The molecule has 0 amide bonds. The molecule has 0 spiro atoms. The molecule has 3 aliphatic heterocycles. The summed E-state index contributed by atoms with van der Waals surface area (Å²) in [5, 5.41) is 1.02. The van der Waals surface area contributed by atoms with E-state index >= 15 is 0 Å². The lowest BCUT2D eigenvalue weighted by atomic mass is 10.0. The first-order valence-electron chi connectivity index (χ1n) is 13.0. The van der Waals surface area contributed by atoms with Gasteiger partial charge in [0.2, 0.25) is 0 Å². The molecule has 4 bridgehead atoms. The van der Waals surface area contributed by atoms with Crippen LogP contribution in [0.5, 0.6) is 11.5 Å². The summed E-state index contributed by atoms with van der Waals surface area (Å²) in [7, 11) is -3.01. The van der Waals surface area contributed by atoms with Crippen LogP contribution in [-0.4, -0.2) is 21.0 Å². The molecular formula is C34H28N2O2Si. The Bertz CT molecular complexity index is 1530. The van der Waals surface area contributed by atoms with Gasteiger partial charge in [0.25, 0.3) is 0 Å². The van der Waals surface area contributed by atoms with E-state index in [1.807, 2.05) is 79.2 Å². The zero-order valence-electron chi connectivity index (χ0n) is 21.7. The Kier molecular flexibility index (Phi) is 6.89. The highest BCUT2D eigenvalue weighted by Crippen LogP contribution is 2.27. The van der Waals surface area contributed by atoms with Gasteiger partial charge in [0.1, 0.15) is 11.5 Å². The molecule has 5 heteroatoms. The summed E-state index contributed by atoms with van der Waals surface area (Å²) in [5.74, 6) is 1.46. The van der Waals surface area contributed by atoms with Crippen molar-refractivity contribution < 1.29 is 8.85 Å². The minimum absolute atomic E-state index is 0.732. The zero-order chi connectivity index (χ0) is 26.5. The van der Waals surface area contributed by atoms with Crippen LogP contribution in [0.4, 0.5) is 11.4 Å². The van der Waals surface area contributed by atoms with Crippen LogP contribution in [0.15, 0.2) is 137 Å². The second-order valence-corrected chi connectivity index (χ2v) is 12.5. The third kappa shape index (κ3) is 5.74. The fourth-order valence-corrected chi connectivity index (χ4v) is 6.87. The van der Waals surface area contributed by atoms with Crippen molar-refractivity contribution in [3.63, 3.8) is 0 Å². The summed E-state index contributed by atoms with van der Waals surface area (Å²) in [6.45, 7) is 2.08. The maximum atomic E-state index is 6.84. The van der Waals surface area contributed by atoms with Crippen molar-refractivity contribution in [2.45, 2.75) is 13.0 Å². The minimum atomic E-state index is -3.01. The molecule has 8 rings (SSSR count). The summed E-state index contributed by atoms with van der Waals surface area (Å²) in [5.41, 5.74) is 6.03. The summed E-state index contributed by atoms with van der Waals surface area (Å²) < 4.78 is 13.7. The van der Waals surface area contributed by atoms with Crippen molar-refractivity contribution in [1.29, 1.82) is 0 Å². The molecule has 0 atom stereocenters. The van der Waals surface area contributed by atoms with Gasteiger partial charge in [-0.25, -0.2) is 0 Å². The summed E-state index contributed by atoms with van der Waals surface area (Å²) in [6.07, 6.45) is 4.58. The summed E-state index contributed by atoms with van der Waals surface area (Å²) >= 11 is 0. The molecule has 0 aliphatic carbocycles. The Morgan fingerprint density at radius 3 is 1.44 bits per heavy atom. The Labute approximate surface area is 230 Å². The second kappa shape index (κ2) is 10.9. The van der Waals surface area contributed by atoms with Gasteiger partial charge >= 0.3 is 8.56 Å². The first kappa shape index (κ1) is 24.6. The minimum Gasteiger partial charge on any atom is -0.508 e. The van der Waals surface area contributed by atoms with E-state index in [1.165, 1.54) is 11.1 Å². The standard InChI is InChI=1S/C34H28N2O2Si/c1-39(32-11-3-2-4-12-32)37-33-13-7-5-9-28(33)24-35-30-19-15-26(16-20-30)23-27-17-21-31(22-18-27)36-25-29-10-6-8-14-34(29)38-39/h2-22,24-25H,23H2,1H3. The second-order valence-electron chi connectivity index (χ2n) is 9.62. The molecule has 3 aliphatic rings. The first-order chi connectivity index (χ1) is 19.1. The molecule has 4 nitrogen and oxygen atoms in total. The number of benzene rings is 5. The number of para-hydroxylation sites is 2. The molecule has 0 aromatic heterocycles. The monoisotopic (exact) mass is 524 g/mol. The van der Waals surface area contributed by atoms with Crippen molar-refractivity contribution in [3.05, 3.63) is 150 Å². The molecule has 0 unspecified atom stereocenters. The average Bonchev–Trinajstić information content (AvgIpc) is 2.98. The molecule has 3 heterocycles. The predicted molar refractivity (Wildman–Crippen MR) is 162 cm³/mol. The van der Waals surface area contributed by atoms with Crippen molar-refractivity contribution in [2.75, 3.05) is 0 Å². The van der Waals surface area contributed by atoms with Gasteiger partial charge in [0, 0.05) is 35.3 Å². The third-order valence-corrected chi connectivity index (χ3v) is 9.33. The zero-order valence-corrected chi connectivity index (χ0v) is 22.7. The van der Waals surface area contributed by atoms with Crippen molar-refractivity contribution in [3.8, 4) is 11.5 Å². The molecule has 5 aromatic carbocycles. The van der Waals surface area contributed by atoms with E-state index in [0.29, 0.717) is 0 Å². The molecule has 39 heavy (non-hydrogen) atoms. The van der Waals surface area contributed by atoms with Gasteiger partial charge < -0.3 is 8.85 Å². The fourth-order valence-electron chi connectivity index (χ4n) is 4.58. The van der Waals surface area contributed by atoms with Crippen LogP contribution in [0.1, 0.15) is 22.3 Å². The number of fused-ring (bicyclic) bond motifs is 2. The van der Waals surface area contributed by atoms with Crippen LogP contribution in [0.25, 0.3) is 0 Å². The Balaban J connectivity index is 1.48. The Hall–Kier alpha value is -4.74. The molecule has 0 radical (unpaired) electrons. The van der Waals surface area contributed by atoms with E-state index in [2.05, 4.69) is 67.2 Å². The fraction of sp³-hybridized carbons (Fsp3) is 0.0588. The predicted octanol–water partition coefficient (Wildman–Crippen LogP) is 7.53. The number of aliphatic imine (C=N–C) groups is 2. The van der Waals surface area contributed by atoms with Gasteiger partial charge in [0.05, 0.1) is 11.4 Å². The van der Waals surface area contributed by atoms with Gasteiger partial charge in [-0.2, -0.15) is 0 Å². The van der Waals surface area contributed by atoms with Gasteiger partial charge in [-0.15, -0.1) is 0 Å². The molecule has 0 N–H and O–H groups in total. The van der Waals surface area contributed by atoms with Crippen LogP contribution in [0.2, 0.25) is 6.55 Å². The summed E-state index contributed by atoms with van der Waals surface area (Å²) in [6, 6.07) is 42.8. The summed E-state index contributed by atoms with van der Waals surface area (Å²) in [4.78, 5) is 9.52. The average molecular weight is 525 g/mol. The number of hydrogen-bond acceptors (Lipinski definition) is 4. The van der Waals surface area contributed by atoms with Crippen molar-refractivity contribution in [1.82, 2.24) is 0 Å². The molecule has 5 aromatic rings. The van der Waals surface area contributed by atoms with Crippen molar-refractivity contribution in [2.24, 2.45) is 9.98 Å². The Morgan fingerprint density at radius 2 is 0.949 bits per heavy atom. The first-order valence-corrected chi connectivity index (χ1v) is 15.3. The number of hydrogen-bond donors (Lipinski definition) is 0. The molecule has 0 fully saturated rings. The number of rotatable bonds is 1. The molecule has 0 saturated carbocycles. The van der Waals surface area contributed by atoms with E-state index in [4.69, 9.17) is 18.8 Å². The van der Waals surface area contributed by atoms with Crippen LogP contribution in [0.3, 0.4) is 0 Å². The van der Waals surface area contributed by atoms with Gasteiger partial charge in [-0.05, 0) is 66.1 Å². The van der Waals surface area contributed by atoms with Gasteiger partial charge in [-0.3, -0.25) is 9.98 Å². The van der Waals surface area contributed by atoms with E-state index in [1.54, 1.807) is 0 Å². The van der Waals surface area contributed by atoms with E-state index in [9.17, 15) is 0 Å². The maximum absolute atomic E-state index is 6.84. The van der Waals surface area contributed by atoms with Crippen LogP contribution < -0.4 is 14.0 Å². The van der Waals surface area contributed by atoms with Crippen molar-refractivity contribution >= 4 is 37.6 Å². The van der Waals surface area contributed by atoms with Crippen LogP contribution in [0, 0.1) is 0 Å². The third-order valence-electron chi connectivity index (χ3n) is 6.73. The van der Waals surface area contributed by atoms with Crippen LogP contribution in [-0.2, 0) is 6.42 Å². The molecular weight excluding hydrogens is 496 g/mol. The van der Waals surface area contributed by atoms with E-state index in [-0.39, 0.29) is 0 Å². The van der Waals surface area contributed by atoms with E-state index < -0.39 is 8.56 Å². The lowest BCUT2D eigenvalue weighted by molar-refractivity contribution is 0.408. The highest BCUT2D eigenvalue weighted by Gasteiger charge is 2.40. The van der Waals surface area contributed by atoms with Crippen LogP contribution >= 0.6 is 0 Å². The molecule has 190 valence electrons. The normalized spacial score (nSPS) is 16.5. The quantitative estimate of drug-likeness (QED) is 0.213. The lowest BCUT2D eigenvalue weighted by Gasteiger charge is -2.30. The van der Waals surface area contributed by atoms with Gasteiger partial charge in [0.15, 0.2) is 0 Å². The number of nitrogens with zero attached hydrogens (tertiary/aromatic N) is 2. The van der Waals surface area contributed by atoms with E-state index in [0.717, 1.165) is 45.6 Å². The highest BCUT2D eigenvalue weighted by atomic mass is 28.4. The SMILES string of the molecule is C[Si]1(c2ccccc2)Oc2ccccc2C=Nc2ccc(cc2)Cc2ccc(cc2)N=Cc2ccccc2O1. The van der Waals surface area contributed by atoms with Gasteiger partial charge in [-0.1, -0.05) is 78.9 Å². The Morgan fingerprint density at radius 1 is 0.513 bits per heavy atom. The maximum Gasteiger partial charge on any atom is 0.492 e. The topological polar surface area (TPSA) is 43.2 Å². The largest absolute Gasteiger partial charge is 0.508 e.